The van der Waals surface area contributed by atoms with E-state index in [1.54, 1.807) is 18.2 Å². The van der Waals surface area contributed by atoms with Crippen molar-refractivity contribution in [2.24, 2.45) is 5.92 Å². The molecule has 1 amide bonds. The molecule has 7 nitrogen and oxygen atoms in total. The molecule has 2 atom stereocenters. The van der Waals surface area contributed by atoms with Gasteiger partial charge in [-0.1, -0.05) is 12.1 Å². The lowest BCUT2D eigenvalue weighted by Crippen LogP contribution is -2.44. The Kier molecular flexibility index (Phi) is 6.50. The lowest BCUT2D eigenvalue weighted by molar-refractivity contribution is -0.117. The number of hydrogen-bond donors (Lipinski definition) is 1. The molecule has 1 N–H and O–H groups in total. The van der Waals surface area contributed by atoms with Gasteiger partial charge in [0.05, 0.1) is 4.90 Å². The smallest absolute Gasteiger partial charge is 0.243 e. The lowest BCUT2D eigenvalue weighted by atomic mass is 9.87. The van der Waals surface area contributed by atoms with Crippen LogP contribution in [0.4, 0.5) is 5.69 Å². The summed E-state index contributed by atoms with van der Waals surface area (Å²) in [6.07, 6.45) is 2.44. The summed E-state index contributed by atoms with van der Waals surface area (Å²) in [5, 5.41) is 2.63. The van der Waals surface area contributed by atoms with Gasteiger partial charge in [-0.15, -0.1) is 0 Å². The number of piperidine rings is 1. The third-order valence-electron chi connectivity index (χ3n) is 6.48. The van der Waals surface area contributed by atoms with Crippen molar-refractivity contribution in [1.29, 1.82) is 0 Å². The van der Waals surface area contributed by atoms with Gasteiger partial charge in [-0.05, 0) is 67.1 Å². The Bertz CT molecular complexity index is 1200. The number of hydrogen-bond acceptors (Lipinski definition) is 5. The maximum atomic E-state index is 13.2. The maximum absolute atomic E-state index is 13.2. The summed E-state index contributed by atoms with van der Waals surface area (Å²) >= 11 is 0. The Balaban J connectivity index is 1.39. The fraction of sp³-hybridized carbons (Fsp3) is 0.400. The van der Waals surface area contributed by atoms with E-state index in [4.69, 9.17) is 0 Å². The van der Waals surface area contributed by atoms with Gasteiger partial charge >= 0.3 is 0 Å². The molecule has 1 aliphatic heterocycles. The van der Waals surface area contributed by atoms with Crippen LogP contribution in [0.25, 0.3) is 0 Å². The third-order valence-corrected chi connectivity index (χ3v) is 8.51. The maximum Gasteiger partial charge on any atom is 0.243 e. The van der Waals surface area contributed by atoms with Gasteiger partial charge < -0.3 is 5.32 Å². The first-order valence-corrected chi connectivity index (χ1v) is 12.6. The van der Waals surface area contributed by atoms with E-state index in [2.05, 4.69) is 5.32 Å². The number of rotatable bonds is 6. The number of sulfonamides is 1. The number of Topliss-reactive ketones (excluding diaryl/α,β-unsaturated/α-hetero) is 2. The SMILES string of the molecule is CC(=O)Nc1ccc(S(=O)(=O)N2CC[C@H](CC(=O)c3ccc4c(c3)CC(=O)C4)C[C@@H]2C)cc1. The molecule has 0 radical (unpaired) electrons. The van der Waals surface area contributed by atoms with Gasteiger partial charge in [-0.2, -0.15) is 4.31 Å². The molecule has 2 aromatic carbocycles. The molecule has 0 unspecified atom stereocenters. The second kappa shape index (κ2) is 9.19. The van der Waals surface area contributed by atoms with Gasteiger partial charge in [0.2, 0.25) is 15.9 Å². The number of benzene rings is 2. The number of anilines is 1. The largest absolute Gasteiger partial charge is 0.326 e. The number of fused-ring (bicyclic) bond motifs is 1. The Morgan fingerprint density at radius 2 is 1.76 bits per heavy atom. The summed E-state index contributed by atoms with van der Waals surface area (Å²) in [7, 11) is -3.67. The van der Waals surface area contributed by atoms with Crippen LogP contribution in [0.2, 0.25) is 0 Å². The Labute approximate surface area is 194 Å². The third kappa shape index (κ3) is 5.07. The molecular formula is C25H28N2O5S. The second-order valence-electron chi connectivity index (χ2n) is 9.06. The minimum Gasteiger partial charge on any atom is -0.326 e. The molecule has 33 heavy (non-hydrogen) atoms. The van der Waals surface area contributed by atoms with Crippen molar-refractivity contribution in [3.63, 3.8) is 0 Å². The van der Waals surface area contributed by atoms with Crippen LogP contribution in [0.15, 0.2) is 47.4 Å². The summed E-state index contributed by atoms with van der Waals surface area (Å²) in [4.78, 5) is 35.9. The Morgan fingerprint density at radius 1 is 1.06 bits per heavy atom. The van der Waals surface area contributed by atoms with Crippen LogP contribution in [-0.4, -0.2) is 42.8 Å². The average molecular weight is 469 g/mol. The van der Waals surface area contributed by atoms with Gasteiger partial charge in [-0.3, -0.25) is 14.4 Å². The number of amides is 1. The van der Waals surface area contributed by atoms with Crippen LogP contribution >= 0.6 is 0 Å². The van der Waals surface area contributed by atoms with E-state index in [1.165, 1.54) is 23.4 Å². The van der Waals surface area contributed by atoms with E-state index in [0.717, 1.165) is 11.1 Å². The fourth-order valence-corrected chi connectivity index (χ4v) is 6.50. The first-order valence-electron chi connectivity index (χ1n) is 11.2. The number of ketones is 2. The number of carbonyl (C=O) groups is 3. The van der Waals surface area contributed by atoms with Gasteiger partial charge in [0.15, 0.2) is 5.78 Å². The summed E-state index contributed by atoms with van der Waals surface area (Å²) in [6, 6.07) is 11.5. The van der Waals surface area contributed by atoms with Crippen LogP contribution in [-0.2, 0) is 32.5 Å². The van der Waals surface area contributed by atoms with E-state index in [0.29, 0.717) is 49.9 Å². The van der Waals surface area contributed by atoms with Crippen molar-refractivity contribution < 1.29 is 22.8 Å². The van der Waals surface area contributed by atoms with Gasteiger partial charge in [0.1, 0.15) is 5.78 Å². The molecular weight excluding hydrogens is 440 g/mol. The van der Waals surface area contributed by atoms with E-state index < -0.39 is 10.0 Å². The molecule has 4 rings (SSSR count). The van der Waals surface area contributed by atoms with E-state index >= 15 is 0 Å². The summed E-state index contributed by atoms with van der Waals surface area (Å²) in [6.45, 7) is 3.63. The van der Waals surface area contributed by atoms with E-state index in [-0.39, 0.29) is 34.3 Å². The quantitative estimate of drug-likeness (QED) is 0.655. The molecule has 0 spiro atoms. The first-order chi connectivity index (χ1) is 15.6. The Hall–Kier alpha value is -2.84. The second-order valence-corrected chi connectivity index (χ2v) is 11.0. The predicted octanol–water partition coefficient (Wildman–Crippen LogP) is 3.37. The molecule has 0 bridgehead atoms. The minimum atomic E-state index is -3.67. The number of nitrogens with zero attached hydrogens (tertiary/aromatic N) is 1. The highest BCUT2D eigenvalue weighted by atomic mass is 32.2. The predicted molar refractivity (Wildman–Crippen MR) is 125 cm³/mol. The van der Waals surface area contributed by atoms with Crippen LogP contribution in [0.3, 0.4) is 0 Å². The Morgan fingerprint density at radius 3 is 2.42 bits per heavy atom. The van der Waals surface area contributed by atoms with Crippen molar-refractivity contribution in [1.82, 2.24) is 4.31 Å². The number of nitrogens with one attached hydrogen (secondary N) is 1. The van der Waals surface area contributed by atoms with Gasteiger partial charge in [-0.25, -0.2) is 8.42 Å². The summed E-state index contributed by atoms with van der Waals surface area (Å²) in [5.74, 6) is 0.112. The van der Waals surface area contributed by atoms with Crippen LogP contribution in [0.5, 0.6) is 0 Å². The highest BCUT2D eigenvalue weighted by Gasteiger charge is 2.35. The van der Waals surface area contributed by atoms with Gasteiger partial charge in [0, 0.05) is 50.0 Å². The zero-order chi connectivity index (χ0) is 23.8. The first kappa shape index (κ1) is 23.3. The van der Waals surface area contributed by atoms with E-state index in [1.807, 2.05) is 19.1 Å². The van der Waals surface area contributed by atoms with Crippen molar-refractivity contribution in [3.8, 4) is 0 Å². The van der Waals surface area contributed by atoms with E-state index in [9.17, 15) is 22.8 Å². The van der Waals surface area contributed by atoms with Crippen LogP contribution in [0.1, 0.15) is 54.6 Å². The molecule has 1 fully saturated rings. The molecule has 1 heterocycles. The van der Waals surface area contributed by atoms with Crippen molar-refractivity contribution in [2.45, 2.75) is 56.9 Å². The standard InChI is InChI=1S/C25H28N2O5S/c1-16-11-18(12-25(30)20-4-3-19-14-23(29)15-21(19)13-20)9-10-27(16)33(31,32)24-7-5-22(6-8-24)26-17(2)28/h3-8,13,16,18H,9-12,14-15H2,1-2H3,(H,26,28)/t16-,18-/m0/s1. The molecule has 0 saturated carbocycles. The fourth-order valence-electron chi connectivity index (χ4n) is 4.84. The summed E-state index contributed by atoms with van der Waals surface area (Å²) < 4.78 is 27.8. The zero-order valence-corrected chi connectivity index (χ0v) is 19.7. The highest BCUT2D eigenvalue weighted by Crippen LogP contribution is 2.32. The molecule has 174 valence electrons. The number of carbonyl (C=O) groups excluding carboxylic acids is 3. The van der Waals surface area contributed by atoms with Crippen LogP contribution < -0.4 is 5.32 Å². The van der Waals surface area contributed by atoms with Gasteiger partial charge in [0.25, 0.3) is 0 Å². The monoisotopic (exact) mass is 468 g/mol. The highest BCUT2D eigenvalue weighted by molar-refractivity contribution is 7.89. The van der Waals surface area contributed by atoms with Crippen molar-refractivity contribution in [3.05, 3.63) is 59.2 Å². The molecule has 8 heteroatoms. The van der Waals surface area contributed by atoms with Crippen LogP contribution in [0, 0.1) is 5.92 Å². The average Bonchev–Trinajstić information content (AvgIpc) is 3.12. The molecule has 1 saturated heterocycles. The lowest BCUT2D eigenvalue weighted by Gasteiger charge is -2.36. The molecule has 2 aliphatic rings. The summed E-state index contributed by atoms with van der Waals surface area (Å²) in [5.41, 5.74) is 3.13. The molecule has 1 aliphatic carbocycles. The molecule has 0 aromatic heterocycles. The normalized spacial score (nSPS) is 21.0. The molecule has 2 aromatic rings. The topological polar surface area (TPSA) is 101 Å². The van der Waals surface area contributed by atoms with Crippen molar-refractivity contribution in [2.75, 3.05) is 11.9 Å². The minimum absolute atomic E-state index is 0.0409. The van der Waals surface area contributed by atoms with Crippen molar-refractivity contribution >= 4 is 33.2 Å². The zero-order valence-electron chi connectivity index (χ0n) is 18.8.